The minimum absolute atomic E-state index is 0.243. The normalized spacial score (nSPS) is 16.8. The molecule has 1 aliphatic rings. The van der Waals surface area contributed by atoms with E-state index in [9.17, 15) is 9.59 Å². The number of likely N-dealkylation sites (N-methyl/N-ethyl adjacent to an activating group) is 1. The van der Waals surface area contributed by atoms with Crippen LogP contribution in [0.3, 0.4) is 0 Å². The van der Waals surface area contributed by atoms with E-state index in [0.29, 0.717) is 5.92 Å². The fraction of sp³-hybridized carbons (Fsp3) is 0.867. The monoisotopic (exact) mass is 298 g/mol. The molecule has 3 amide bonds. The predicted molar refractivity (Wildman–Crippen MR) is 84.1 cm³/mol. The summed E-state index contributed by atoms with van der Waals surface area (Å²) in [5.41, 5.74) is -0.343. The highest BCUT2D eigenvalue weighted by molar-refractivity contribution is 5.95. The number of hydrogen-bond donors (Lipinski definition) is 3. The second-order valence-electron chi connectivity index (χ2n) is 6.77. The molecule has 0 saturated carbocycles. The van der Waals surface area contributed by atoms with Crippen molar-refractivity contribution in [2.45, 2.75) is 46.1 Å². The van der Waals surface area contributed by atoms with Gasteiger partial charge in [-0.05, 0) is 59.2 Å². The van der Waals surface area contributed by atoms with Crippen molar-refractivity contribution < 1.29 is 9.59 Å². The zero-order valence-corrected chi connectivity index (χ0v) is 13.8. The minimum atomic E-state index is -0.426. The molecule has 0 aromatic heterocycles. The molecular weight excluding hydrogens is 268 g/mol. The maximum absolute atomic E-state index is 11.9. The van der Waals surface area contributed by atoms with Crippen LogP contribution in [0.15, 0.2) is 0 Å². The summed E-state index contributed by atoms with van der Waals surface area (Å²) in [6.45, 7) is 11.8. The van der Waals surface area contributed by atoms with Gasteiger partial charge in [0.2, 0.25) is 5.91 Å². The molecule has 0 unspecified atom stereocenters. The lowest BCUT2D eigenvalue weighted by atomic mass is 9.97. The molecule has 21 heavy (non-hydrogen) atoms. The molecule has 0 spiro atoms. The van der Waals surface area contributed by atoms with E-state index in [2.05, 4.69) is 20.9 Å². The van der Waals surface area contributed by atoms with Crippen molar-refractivity contribution in [3.8, 4) is 0 Å². The third-order valence-corrected chi connectivity index (χ3v) is 3.53. The maximum atomic E-state index is 11.9. The minimum Gasteiger partial charge on any atom is -0.333 e. The van der Waals surface area contributed by atoms with Crippen LogP contribution in [0.1, 0.15) is 40.5 Å². The lowest BCUT2D eigenvalue weighted by Gasteiger charge is -2.29. The zero-order chi connectivity index (χ0) is 15.9. The lowest BCUT2D eigenvalue weighted by Crippen LogP contribution is -2.50. The number of carbonyl (C=O) groups excluding carboxylic acids is 2. The fourth-order valence-electron chi connectivity index (χ4n) is 2.48. The Hall–Kier alpha value is -1.14. The lowest BCUT2D eigenvalue weighted by molar-refractivity contribution is -0.121. The highest BCUT2D eigenvalue weighted by Crippen LogP contribution is 2.13. The SMILES string of the molecule is CCN(CC(=O)NC(=O)NC(C)(C)C)CC1CCNCC1. The van der Waals surface area contributed by atoms with Crippen molar-refractivity contribution in [3.05, 3.63) is 0 Å². The Morgan fingerprint density at radius 2 is 1.86 bits per heavy atom. The van der Waals surface area contributed by atoms with E-state index >= 15 is 0 Å². The number of amides is 3. The predicted octanol–water partition coefficient (Wildman–Crippen LogP) is 0.932. The van der Waals surface area contributed by atoms with Crippen LogP contribution in [0.4, 0.5) is 4.79 Å². The topological polar surface area (TPSA) is 73.5 Å². The molecule has 1 fully saturated rings. The summed E-state index contributed by atoms with van der Waals surface area (Å²) in [7, 11) is 0. The number of piperidine rings is 1. The van der Waals surface area contributed by atoms with E-state index < -0.39 is 6.03 Å². The van der Waals surface area contributed by atoms with Gasteiger partial charge in [0.15, 0.2) is 0 Å². The highest BCUT2D eigenvalue weighted by atomic mass is 16.2. The maximum Gasteiger partial charge on any atom is 0.321 e. The van der Waals surface area contributed by atoms with E-state index in [1.54, 1.807) is 0 Å². The Morgan fingerprint density at radius 3 is 2.38 bits per heavy atom. The van der Waals surface area contributed by atoms with Crippen molar-refractivity contribution in [3.63, 3.8) is 0 Å². The van der Waals surface area contributed by atoms with Crippen LogP contribution in [-0.2, 0) is 4.79 Å². The molecule has 0 bridgehead atoms. The van der Waals surface area contributed by atoms with Crippen LogP contribution in [-0.4, -0.2) is 55.1 Å². The second kappa shape index (κ2) is 8.34. The summed E-state index contributed by atoms with van der Waals surface area (Å²) in [5.74, 6) is 0.398. The molecule has 1 aliphatic heterocycles. The number of nitrogens with zero attached hydrogens (tertiary/aromatic N) is 1. The number of rotatable bonds is 5. The quantitative estimate of drug-likeness (QED) is 0.706. The molecule has 1 rings (SSSR count). The molecule has 1 heterocycles. The Labute approximate surface area is 128 Å². The molecule has 0 atom stereocenters. The first-order chi connectivity index (χ1) is 9.80. The third-order valence-electron chi connectivity index (χ3n) is 3.53. The fourth-order valence-corrected chi connectivity index (χ4v) is 2.48. The van der Waals surface area contributed by atoms with Crippen LogP contribution in [0, 0.1) is 5.92 Å². The molecule has 0 aliphatic carbocycles. The first-order valence-corrected chi connectivity index (χ1v) is 7.85. The Morgan fingerprint density at radius 1 is 1.24 bits per heavy atom. The average Bonchev–Trinajstić information content (AvgIpc) is 2.36. The van der Waals surface area contributed by atoms with Crippen LogP contribution in [0.5, 0.6) is 0 Å². The summed E-state index contributed by atoms with van der Waals surface area (Å²) < 4.78 is 0. The summed E-state index contributed by atoms with van der Waals surface area (Å²) in [6, 6.07) is -0.426. The van der Waals surface area contributed by atoms with Gasteiger partial charge >= 0.3 is 6.03 Å². The molecule has 0 radical (unpaired) electrons. The van der Waals surface area contributed by atoms with Gasteiger partial charge in [-0.1, -0.05) is 6.92 Å². The molecule has 6 nitrogen and oxygen atoms in total. The molecular formula is C15H30N4O2. The number of hydrogen-bond acceptors (Lipinski definition) is 4. The van der Waals surface area contributed by atoms with E-state index in [1.807, 2.05) is 27.7 Å². The molecule has 6 heteroatoms. The van der Waals surface area contributed by atoms with Gasteiger partial charge in [-0.15, -0.1) is 0 Å². The summed E-state index contributed by atoms with van der Waals surface area (Å²) in [4.78, 5) is 25.7. The standard InChI is InChI=1S/C15H30N4O2/c1-5-19(10-12-6-8-16-9-7-12)11-13(20)17-14(21)18-15(2,3)4/h12,16H,5-11H2,1-4H3,(H2,17,18,20,21). The van der Waals surface area contributed by atoms with Gasteiger partial charge in [0, 0.05) is 12.1 Å². The van der Waals surface area contributed by atoms with E-state index in [4.69, 9.17) is 0 Å². The van der Waals surface area contributed by atoms with Crippen LogP contribution in [0.25, 0.3) is 0 Å². The van der Waals surface area contributed by atoms with Gasteiger partial charge in [0.05, 0.1) is 6.54 Å². The zero-order valence-electron chi connectivity index (χ0n) is 13.8. The summed E-state index contributed by atoms with van der Waals surface area (Å²) >= 11 is 0. The second-order valence-corrected chi connectivity index (χ2v) is 6.77. The van der Waals surface area contributed by atoms with Gasteiger partial charge in [-0.2, -0.15) is 0 Å². The number of urea groups is 1. The molecule has 3 N–H and O–H groups in total. The molecule has 0 aromatic rings. The molecule has 122 valence electrons. The van der Waals surface area contributed by atoms with Crippen LogP contribution in [0.2, 0.25) is 0 Å². The van der Waals surface area contributed by atoms with Crippen molar-refractivity contribution in [2.24, 2.45) is 5.92 Å². The summed E-state index contributed by atoms with van der Waals surface area (Å²) in [5, 5.41) is 8.46. The van der Waals surface area contributed by atoms with Gasteiger partial charge in [-0.25, -0.2) is 4.79 Å². The van der Waals surface area contributed by atoms with Crippen molar-refractivity contribution >= 4 is 11.9 Å². The van der Waals surface area contributed by atoms with E-state index in [1.165, 1.54) is 0 Å². The van der Waals surface area contributed by atoms with Crippen LogP contribution >= 0.6 is 0 Å². The van der Waals surface area contributed by atoms with Crippen LogP contribution < -0.4 is 16.0 Å². The van der Waals surface area contributed by atoms with E-state index in [0.717, 1.165) is 39.0 Å². The third kappa shape index (κ3) is 8.02. The van der Waals surface area contributed by atoms with Gasteiger partial charge < -0.3 is 10.6 Å². The first kappa shape index (κ1) is 17.9. The Kier molecular flexibility index (Phi) is 7.11. The van der Waals surface area contributed by atoms with Crippen molar-refractivity contribution in [1.82, 2.24) is 20.9 Å². The first-order valence-electron chi connectivity index (χ1n) is 7.85. The highest BCUT2D eigenvalue weighted by Gasteiger charge is 2.20. The van der Waals surface area contributed by atoms with Crippen molar-refractivity contribution in [2.75, 3.05) is 32.7 Å². The van der Waals surface area contributed by atoms with Gasteiger partial charge in [-0.3, -0.25) is 15.0 Å². The van der Waals surface area contributed by atoms with E-state index in [-0.39, 0.29) is 18.0 Å². The van der Waals surface area contributed by atoms with Gasteiger partial charge in [0.25, 0.3) is 0 Å². The number of nitrogens with one attached hydrogen (secondary N) is 3. The molecule has 1 saturated heterocycles. The number of imide groups is 1. The Balaban J connectivity index is 2.34. The molecule has 0 aromatic carbocycles. The van der Waals surface area contributed by atoms with Gasteiger partial charge in [0.1, 0.15) is 0 Å². The smallest absolute Gasteiger partial charge is 0.321 e. The largest absolute Gasteiger partial charge is 0.333 e. The summed E-state index contributed by atoms with van der Waals surface area (Å²) in [6.07, 6.45) is 2.31. The number of carbonyl (C=O) groups is 2. The average molecular weight is 298 g/mol. The van der Waals surface area contributed by atoms with Crippen molar-refractivity contribution in [1.29, 1.82) is 0 Å². The Bertz CT molecular complexity index is 346.